The van der Waals surface area contributed by atoms with Gasteiger partial charge in [-0.3, -0.25) is 4.79 Å². The maximum absolute atomic E-state index is 12.0. The molecule has 4 heteroatoms. The predicted octanol–water partition coefficient (Wildman–Crippen LogP) is 4.08. The van der Waals surface area contributed by atoms with Gasteiger partial charge in [0.25, 0.3) is 0 Å². The van der Waals surface area contributed by atoms with Crippen LogP contribution in [-0.4, -0.2) is 19.6 Å². The predicted molar refractivity (Wildman–Crippen MR) is 93.7 cm³/mol. The molecular weight excluding hydrogens is 310 g/mol. The third-order valence-electron chi connectivity index (χ3n) is 3.83. The second-order valence-electron chi connectivity index (χ2n) is 5.51. The number of nitrogens with one attached hydrogen (secondary N) is 1. The fourth-order valence-corrected chi connectivity index (χ4v) is 2.73. The Morgan fingerprint density at radius 2 is 2.00 bits per heavy atom. The van der Waals surface area contributed by atoms with Crippen molar-refractivity contribution in [2.75, 3.05) is 13.7 Å². The Bertz CT molecular complexity index is 657. The number of aryl methyl sites for hydroxylation is 2. The van der Waals surface area contributed by atoms with Crippen LogP contribution in [0.2, 0.25) is 5.02 Å². The molecule has 1 atom stereocenters. The number of carbonyl (C=O) groups excluding carboxylic acids is 1. The van der Waals surface area contributed by atoms with Crippen LogP contribution in [0.1, 0.15) is 29.2 Å². The van der Waals surface area contributed by atoms with Crippen molar-refractivity contribution in [3.63, 3.8) is 0 Å². The summed E-state index contributed by atoms with van der Waals surface area (Å²) in [5.41, 5.74) is 3.33. The zero-order valence-electron chi connectivity index (χ0n) is 13.5. The average molecular weight is 332 g/mol. The molecule has 0 saturated heterocycles. The molecule has 0 aliphatic heterocycles. The maximum atomic E-state index is 12.0. The largest absolute Gasteiger partial charge is 0.375 e. The van der Waals surface area contributed by atoms with Crippen LogP contribution in [0.25, 0.3) is 0 Å². The van der Waals surface area contributed by atoms with Crippen LogP contribution in [0, 0.1) is 6.92 Å². The number of hydrogen-bond donors (Lipinski definition) is 1. The Hall–Kier alpha value is -1.84. The van der Waals surface area contributed by atoms with Crippen LogP contribution < -0.4 is 5.32 Å². The van der Waals surface area contributed by atoms with Crippen molar-refractivity contribution in [2.24, 2.45) is 0 Å². The topological polar surface area (TPSA) is 38.3 Å². The van der Waals surface area contributed by atoms with Gasteiger partial charge in [0.15, 0.2) is 0 Å². The number of amides is 1. The standard InChI is InChI=1S/C19H22ClNO2/c1-14-6-3-4-9-17(14)18(23-2)13-21-19(22)11-10-15-7-5-8-16(20)12-15/h3-9,12,18H,10-11,13H2,1-2H3,(H,21,22). The molecule has 0 heterocycles. The van der Waals surface area contributed by atoms with Crippen molar-refractivity contribution in [1.82, 2.24) is 5.32 Å². The maximum Gasteiger partial charge on any atom is 0.220 e. The average Bonchev–Trinajstić information content (AvgIpc) is 2.55. The number of rotatable bonds is 7. The molecule has 0 bridgehead atoms. The van der Waals surface area contributed by atoms with Gasteiger partial charge in [-0.1, -0.05) is 48.0 Å². The molecule has 122 valence electrons. The van der Waals surface area contributed by atoms with E-state index in [9.17, 15) is 4.79 Å². The summed E-state index contributed by atoms with van der Waals surface area (Å²) in [7, 11) is 1.66. The minimum Gasteiger partial charge on any atom is -0.375 e. The second-order valence-corrected chi connectivity index (χ2v) is 5.95. The van der Waals surface area contributed by atoms with Crippen molar-refractivity contribution in [3.05, 3.63) is 70.2 Å². The summed E-state index contributed by atoms with van der Waals surface area (Å²) in [6, 6.07) is 15.6. The zero-order chi connectivity index (χ0) is 16.7. The summed E-state index contributed by atoms with van der Waals surface area (Å²) in [6.45, 7) is 2.51. The molecule has 0 aromatic heterocycles. The summed E-state index contributed by atoms with van der Waals surface area (Å²) >= 11 is 5.95. The first-order chi connectivity index (χ1) is 11.1. The lowest BCUT2D eigenvalue weighted by atomic mass is 10.0. The van der Waals surface area contributed by atoms with Crippen molar-refractivity contribution in [1.29, 1.82) is 0 Å². The Kier molecular flexibility index (Phi) is 6.63. The molecule has 1 amide bonds. The molecule has 23 heavy (non-hydrogen) atoms. The van der Waals surface area contributed by atoms with Crippen LogP contribution in [-0.2, 0) is 16.0 Å². The lowest BCUT2D eigenvalue weighted by Crippen LogP contribution is -2.29. The lowest BCUT2D eigenvalue weighted by molar-refractivity contribution is -0.121. The van der Waals surface area contributed by atoms with Gasteiger partial charge in [-0.05, 0) is 42.2 Å². The number of benzene rings is 2. The summed E-state index contributed by atoms with van der Waals surface area (Å²) in [5, 5.41) is 3.64. The zero-order valence-corrected chi connectivity index (χ0v) is 14.3. The van der Waals surface area contributed by atoms with Gasteiger partial charge >= 0.3 is 0 Å². The van der Waals surface area contributed by atoms with E-state index in [1.807, 2.05) is 55.5 Å². The van der Waals surface area contributed by atoms with E-state index in [0.29, 0.717) is 24.4 Å². The van der Waals surface area contributed by atoms with E-state index < -0.39 is 0 Å². The molecule has 0 radical (unpaired) electrons. The Morgan fingerprint density at radius 1 is 1.22 bits per heavy atom. The molecule has 0 fully saturated rings. The van der Waals surface area contributed by atoms with Crippen LogP contribution in [0.3, 0.4) is 0 Å². The highest BCUT2D eigenvalue weighted by molar-refractivity contribution is 6.30. The molecule has 2 aromatic carbocycles. The van der Waals surface area contributed by atoms with Gasteiger partial charge in [0, 0.05) is 25.1 Å². The fraction of sp³-hybridized carbons (Fsp3) is 0.316. The van der Waals surface area contributed by atoms with E-state index in [1.165, 1.54) is 0 Å². The number of ether oxygens (including phenoxy) is 1. The van der Waals surface area contributed by atoms with E-state index in [2.05, 4.69) is 5.32 Å². The van der Waals surface area contributed by atoms with E-state index in [0.717, 1.165) is 16.7 Å². The molecule has 1 unspecified atom stereocenters. The van der Waals surface area contributed by atoms with Gasteiger partial charge in [-0.2, -0.15) is 0 Å². The first-order valence-corrected chi connectivity index (χ1v) is 8.07. The highest BCUT2D eigenvalue weighted by Gasteiger charge is 2.13. The van der Waals surface area contributed by atoms with Gasteiger partial charge in [0.1, 0.15) is 0 Å². The molecule has 3 nitrogen and oxygen atoms in total. The third-order valence-corrected chi connectivity index (χ3v) is 4.07. The molecule has 0 aliphatic rings. The van der Waals surface area contributed by atoms with Gasteiger partial charge in [0.2, 0.25) is 5.91 Å². The Balaban J connectivity index is 1.84. The smallest absolute Gasteiger partial charge is 0.220 e. The highest BCUT2D eigenvalue weighted by atomic mass is 35.5. The van der Waals surface area contributed by atoms with Gasteiger partial charge in [-0.15, -0.1) is 0 Å². The molecule has 1 N–H and O–H groups in total. The van der Waals surface area contributed by atoms with Crippen molar-refractivity contribution >= 4 is 17.5 Å². The van der Waals surface area contributed by atoms with Gasteiger partial charge in [0.05, 0.1) is 6.10 Å². The quantitative estimate of drug-likeness (QED) is 0.830. The number of methoxy groups -OCH3 is 1. The number of halogens is 1. The summed E-state index contributed by atoms with van der Waals surface area (Å²) in [5.74, 6) is 0.0145. The first-order valence-electron chi connectivity index (χ1n) is 7.69. The summed E-state index contributed by atoms with van der Waals surface area (Å²) in [4.78, 5) is 12.0. The van der Waals surface area contributed by atoms with E-state index >= 15 is 0 Å². The Morgan fingerprint density at radius 3 is 2.70 bits per heavy atom. The van der Waals surface area contributed by atoms with Crippen LogP contribution >= 0.6 is 11.6 Å². The van der Waals surface area contributed by atoms with E-state index in [4.69, 9.17) is 16.3 Å². The molecule has 0 saturated carbocycles. The third kappa shape index (κ3) is 5.38. The normalized spacial score (nSPS) is 12.0. The highest BCUT2D eigenvalue weighted by Crippen LogP contribution is 2.19. The minimum absolute atomic E-state index is 0.0145. The summed E-state index contributed by atoms with van der Waals surface area (Å²) < 4.78 is 5.51. The second kappa shape index (κ2) is 8.70. The van der Waals surface area contributed by atoms with E-state index in [-0.39, 0.29) is 12.0 Å². The molecule has 0 spiro atoms. The minimum atomic E-state index is -0.133. The van der Waals surface area contributed by atoms with Crippen molar-refractivity contribution < 1.29 is 9.53 Å². The number of carbonyl (C=O) groups is 1. The fourth-order valence-electron chi connectivity index (χ4n) is 2.51. The molecular formula is C19H22ClNO2. The first kappa shape index (κ1) is 17.5. The number of hydrogen-bond acceptors (Lipinski definition) is 2. The monoisotopic (exact) mass is 331 g/mol. The van der Waals surface area contributed by atoms with Crippen molar-refractivity contribution in [3.8, 4) is 0 Å². The lowest BCUT2D eigenvalue weighted by Gasteiger charge is -2.18. The molecule has 2 aromatic rings. The Labute approximate surface area is 142 Å². The van der Waals surface area contributed by atoms with Crippen molar-refractivity contribution in [2.45, 2.75) is 25.9 Å². The SMILES string of the molecule is COC(CNC(=O)CCc1cccc(Cl)c1)c1ccccc1C. The van der Waals surface area contributed by atoms with Crippen LogP contribution in [0.4, 0.5) is 0 Å². The van der Waals surface area contributed by atoms with E-state index in [1.54, 1.807) is 7.11 Å². The molecule has 2 rings (SSSR count). The molecule has 0 aliphatic carbocycles. The van der Waals surface area contributed by atoms with Crippen LogP contribution in [0.15, 0.2) is 48.5 Å². The van der Waals surface area contributed by atoms with Gasteiger partial charge < -0.3 is 10.1 Å². The summed E-state index contributed by atoms with van der Waals surface area (Å²) in [6.07, 6.45) is 0.977. The van der Waals surface area contributed by atoms with Gasteiger partial charge in [-0.25, -0.2) is 0 Å². The van der Waals surface area contributed by atoms with Crippen LogP contribution in [0.5, 0.6) is 0 Å².